The van der Waals surface area contributed by atoms with Gasteiger partial charge in [0.1, 0.15) is 5.84 Å². The monoisotopic (exact) mass is 419 g/mol. The molecule has 1 amide bonds. The standard InChI is InChI=1S/C21H21N7OS/c1-3-15-19(14-9-5-4-6-10-14)20(23-17-12-8-7-11-16(17)22-15)24-18(29)13-30-21-25-26-27-28(21)2/h4-12,19H,3,13H2,1-2H3,(H,23,24,29)/t19-/m1/s1. The van der Waals surface area contributed by atoms with Crippen LogP contribution in [0.4, 0.5) is 11.4 Å². The highest BCUT2D eigenvalue weighted by atomic mass is 32.2. The maximum atomic E-state index is 12.8. The molecule has 1 atom stereocenters. The number of hydrogen-bond acceptors (Lipinski definition) is 7. The molecule has 1 N–H and O–H groups in total. The molecule has 1 aliphatic heterocycles. The van der Waals surface area contributed by atoms with Crippen molar-refractivity contribution in [1.82, 2.24) is 25.5 Å². The Labute approximate surface area is 178 Å². The molecule has 3 aromatic rings. The van der Waals surface area contributed by atoms with Gasteiger partial charge in [0.25, 0.3) is 0 Å². The second-order valence-electron chi connectivity index (χ2n) is 6.71. The van der Waals surface area contributed by atoms with Gasteiger partial charge in [0.2, 0.25) is 11.1 Å². The molecule has 2 aromatic carbocycles. The zero-order valence-electron chi connectivity index (χ0n) is 16.7. The van der Waals surface area contributed by atoms with Gasteiger partial charge in [-0.2, -0.15) is 0 Å². The highest BCUT2D eigenvalue weighted by Gasteiger charge is 2.27. The van der Waals surface area contributed by atoms with Crippen molar-refractivity contribution in [3.63, 3.8) is 0 Å². The third kappa shape index (κ3) is 4.30. The van der Waals surface area contributed by atoms with Gasteiger partial charge in [0, 0.05) is 12.8 Å². The number of hydrogen-bond donors (Lipinski definition) is 1. The lowest BCUT2D eigenvalue weighted by molar-refractivity contribution is -0.117. The van der Waals surface area contributed by atoms with E-state index in [1.54, 1.807) is 7.05 Å². The number of nitrogens with one attached hydrogen (secondary N) is 1. The van der Waals surface area contributed by atoms with Gasteiger partial charge >= 0.3 is 0 Å². The van der Waals surface area contributed by atoms with Gasteiger partial charge in [-0.1, -0.05) is 61.2 Å². The van der Waals surface area contributed by atoms with Crippen LogP contribution in [0.1, 0.15) is 24.8 Å². The third-order valence-electron chi connectivity index (χ3n) is 4.67. The number of thioether (sulfide) groups is 1. The van der Waals surface area contributed by atoms with Crippen LogP contribution in [0.5, 0.6) is 0 Å². The molecule has 30 heavy (non-hydrogen) atoms. The van der Waals surface area contributed by atoms with Crippen molar-refractivity contribution in [3.05, 3.63) is 60.2 Å². The van der Waals surface area contributed by atoms with Crippen molar-refractivity contribution in [1.29, 1.82) is 0 Å². The number of rotatable bonds is 5. The predicted octanol–water partition coefficient (Wildman–Crippen LogP) is 3.43. The van der Waals surface area contributed by atoms with E-state index in [4.69, 9.17) is 9.98 Å². The summed E-state index contributed by atoms with van der Waals surface area (Å²) in [5, 5.41) is 14.9. The summed E-state index contributed by atoms with van der Waals surface area (Å²) in [5.74, 6) is 0.356. The smallest absolute Gasteiger partial charge is 0.235 e. The zero-order chi connectivity index (χ0) is 20.9. The highest BCUT2D eigenvalue weighted by Crippen LogP contribution is 2.35. The van der Waals surface area contributed by atoms with Gasteiger partial charge in [0.05, 0.1) is 23.0 Å². The Kier molecular flexibility index (Phi) is 5.99. The van der Waals surface area contributed by atoms with Crippen LogP contribution in [0.2, 0.25) is 0 Å². The number of tetrazole rings is 1. The lowest BCUT2D eigenvalue weighted by Crippen LogP contribution is -2.38. The molecular weight excluding hydrogens is 398 g/mol. The van der Waals surface area contributed by atoms with E-state index in [-0.39, 0.29) is 17.6 Å². The maximum Gasteiger partial charge on any atom is 0.235 e. The number of carbonyl (C=O) groups is 1. The van der Waals surface area contributed by atoms with Crippen LogP contribution in [0.25, 0.3) is 0 Å². The summed E-state index contributed by atoms with van der Waals surface area (Å²) in [4.78, 5) is 22.5. The largest absolute Gasteiger partial charge is 0.313 e. The summed E-state index contributed by atoms with van der Waals surface area (Å²) < 4.78 is 1.53. The quantitative estimate of drug-likeness (QED) is 0.639. The van der Waals surface area contributed by atoms with E-state index in [1.165, 1.54) is 16.4 Å². The summed E-state index contributed by atoms with van der Waals surface area (Å²) in [6.45, 7) is 2.07. The minimum Gasteiger partial charge on any atom is -0.313 e. The number of amidine groups is 1. The van der Waals surface area contributed by atoms with Crippen molar-refractivity contribution in [2.24, 2.45) is 17.0 Å². The summed E-state index contributed by atoms with van der Waals surface area (Å²) in [6.07, 6.45) is 0.738. The van der Waals surface area contributed by atoms with E-state index >= 15 is 0 Å². The summed E-state index contributed by atoms with van der Waals surface area (Å²) in [5.41, 5.74) is 3.53. The van der Waals surface area contributed by atoms with E-state index in [0.717, 1.165) is 29.1 Å². The molecule has 152 valence electrons. The minimum atomic E-state index is -0.228. The first kappa shape index (κ1) is 20.0. The van der Waals surface area contributed by atoms with E-state index in [2.05, 4.69) is 27.8 Å². The Morgan fingerprint density at radius 2 is 1.77 bits per heavy atom. The molecule has 0 spiro atoms. The van der Waals surface area contributed by atoms with E-state index in [1.807, 2.05) is 54.6 Å². The van der Waals surface area contributed by atoms with Gasteiger partial charge in [-0.15, -0.1) is 5.10 Å². The Balaban J connectivity index is 1.66. The number of carbonyl (C=O) groups excluding carboxylic acids is 1. The molecule has 0 fully saturated rings. The first-order chi connectivity index (χ1) is 14.7. The highest BCUT2D eigenvalue weighted by molar-refractivity contribution is 7.99. The second-order valence-corrected chi connectivity index (χ2v) is 7.65. The number of para-hydroxylation sites is 2. The number of aliphatic imine (C=N–C) groups is 2. The van der Waals surface area contributed by atoms with Crippen molar-refractivity contribution in [3.8, 4) is 0 Å². The fraction of sp³-hybridized carbons (Fsp3) is 0.238. The third-order valence-corrected chi connectivity index (χ3v) is 5.68. The number of aromatic nitrogens is 4. The number of nitrogens with zero attached hydrogens (tertiary/aromatic N) is 6. The number of amides is 1. The number of aryl methyl sites for hydroxylation is 1. The summed E-state index contributed by atoms with van der Waals surface area (Å²) in [7, 11) is 1.74. The Morgan fingerprint density at radius 1 is 1.07 bits per heavy atom. The van der Waals surface area contributed by atoms with Crippen LogP contribution < -0.4 is 5.32 Å². The molecule has 4 rings (SSSR count). The average Bonchev–Trinajstić information content (AvgIpc) is 3.10. The van der Waals surface area contributed by atoms with Crippen molar-refractivity contribution in [2.75, 3.05) is 5.75 Å². The van der Waals surface area contributed by atoms with Gasteiger partial charge in [-0.25, -0.2) is 9.67 Å². The Morgan fingerprint density at radius 3 is 2.43 bits per heavy atom. The fourth-order valence-corrected chi connectivity index (χ4v) is 3.91. The zero-order valence-corrected chi connectivity index (χ0v) is 17.5. The first-order valence-electron chi connectivity index (χ1n) is 9.60. The van der Waals surface area contributed by atoms with Gasteiger partial charge in [-0.3, -0.25) is 9.79 Å². The second kappa shape index (κ2) is 9.00. The van der Waals surface area contributed by atoms with Crippen LogP contribution in [0.15, 0.2) is 69.7 Å². The van der Waals surface area contributed by atoms with Crippen molar-refractivity contribution in [2.45, 2.75) is 24.4 Å². The van der Waals surface area contributed by atoms with Crippen LogP contribution in [0.3, 0.4) is 0 Å². The minimum absolute atomic E-state index is 0.169. The molecule has 1 aliphatic rings. The van der Waals surface area contributed by atoms with E-state index < -0.39 is 0 Å². The first-order valence-corrected chi connectivity index (χ1v) is 10.6. The molecular formula is C21H21N7OS. The average molecular weight is 420 g/mol. The lowest BCUT2D eigenvalue weighted by atomic mass is 9.91. The van der Waals surface area contributed by atoms with Gasteiger partial charge < -0.3 is 5.32 Å². The van der Waals surface area contributed by atoms with E-state index in [0.29, 0.717) is 11.0 Å². The molecule has 0 bridgehead atoms. The fourth-order valence-electron chi connectivity index (χ4n) is 3.26. The van der Waals surface area contributed by atoms with Crippen molar-refractivity contribution < 1.29 is 4.79 Å². The molecule has 0 saturated heterocycles. The normalized spacial score (nSPS) is 15.6. The van der Waals surface area contributed by atoms with Crippen LogP contribution >= 0.6 is 11.8 Å². The molecule has 8 nitrogen and oxygen atoms in total. The van der Waals surface area contributed by atoms with Crippen LogP contribution in [-0.2, 0) is 11.8 Å². The molecule has 1 aromatic heterocycles. The molecule has 2 heterocycles. The Hall–Kier alpha value is -3.33. The Bertz CT molecular complexity index is 1110. The predicted molar refractivity (Wildman–Crippen MR) is 118 cm³/mol. The number of fused-ring (bicyclic) bond motifs is 1. The molecule has 0 saturated carbocycles. The van der Waals surface area contributed by atoms with Crippen LogP contribution in [-0.4, -0.2) is 43.4 Å². The molecule has 0 unspecified atom stereocenters. The lowest BCUT2D eigenvalue weighted by Gasteiger charge is -2.20. The molecule has 0 aliphatic carbocycles. The molecule has 0 radical (unpaired) electrons. The van der Waals surface area contributed by atoms with Gasteiger partial charge in [0.15, 0.2) is 0 Å². The summed E-state index contributed by atoms with van der Waals surface area (Å²) in [6, 6.07) is 17.7. The van der Waals surface area contributed by atoms with Crippen LogP contribution in [0, 0.1) is 0 Å². The topological polar surface area (TPSA) is 97.4 Å². The molecule has 9 heteroatoms. The van der Waals surface area contributed by atoms with Gasteiger partial charge in [-0.05, 0) is 34.5 Å². The van der Waals surface area contributed by atoms with Crippen molar-refractivity contribution >= 4 is 40.6 Å². The number of benzene rings is 2. The SMILES string of the molecule is CCC1=Nc2ccccc2N=C(NC(=O)CSc2nnnn2C)[C@@H]1c1ccccc1. The maximum absolute atomic E-state index is 12.8. The van der Waals surface area contributed by atoms with E-state index in [9.17, 15) is 4.79 Å². The summed E-state index contributed by atoms with van der Waals surface area (Å²) >= 11 is 1.27.